The van der Waals surface area contributed by atoms with Crippen LogP contribution < -0.4 is 4.74 Å². The molecule has 3 aromatic rings. The van der Waals surface area contributed by atoms with Crippen molar-refractivity contribution in [3.05, 3.63) is 42.6 Å². The first-order chi connectivity index (χ1) is 8.81. The van der Waals surface area contributed by atoms with Crippen LogP contribution in [0.25, 0.3) is 17.0 Å². The minimum absolute atomic E-state index is 0.176. The zero-order chi connectivity index (χ0) is 12.5. The Morgan fingerprint density at radius 3 is 2.72 bits per heavy atom. The molecule has 0 aliphatic rings. The molecule has 0 unspecified atom stereocenters. The van der Waals surface area contributed by atoms with E-state index in [0.717, 1.165) is 0 Å². The summed E-state index contributed by atoms with van der Waals surface area (Å²) >= 11 is 0. The number of ether oxygens (including phenoxy) is 1. The van der Waals surface area contributed by atoms with E-state index in [1.807, 2.05) is 24.4 Å². The fraction of sp³-hybridized carbons (Fsp3) is 0.0769. The monoisotopic (exact) mass is 241 g/mol. The molecule has 1 aromatic carbocycles. The molecule has 0 aliphatic heterocycles. The van der Waals surface area contributed by atoms with E-state index in [0.29, 0.717) is 22.8 Å². The second-order valence-corrected chi connectivity index (χ2v) is 3.81. The number of pyridine rings is 1. The van der Waals surface area contributed by atoms with Gasteiger partial charge in [-0.2, -0.15) is 0 Å². The molecule has 5 nitrogen and oxygen atoms in total. The molecule has 2 aromatic heterocycles. The molecule has 1 N–H and O–H groups in total. The molecule has 18 heavy (non-hydrogen) atoms. The fourth-order valence-electron chi connectivity index (χ4n) is 1.90. The van der Waals surface area contributed by atoms with E-state index >= 15 is 0 Å². The summed E-state index contributed by atoms with van der Waals surface area (Å²) < 4.78 is 7.01. The average molecular weight is 241 g/mol. The second-order valence-electron chi connectivity index (χ2n) is 3.81. The van der Waals surface area contributed by atoms with Crippen molar-refractivity contribution in [2.24, 2.45) is 0 Å². The summed E-state index contributed by atoms with van der Waals surface area (Å²) in [6.45, 7) is 0. The predicted octanol–water partition coefficient (Wildman–Crippen LogP) is 2.11. The standard InChI is InChI=1S/C13H11N3O2/c1-18-11-7-4-8-16-12(14-15-13(11)16)9-5-2-3-6-10(9)17/h2-8,17H,1H3. The van der Waals surface area contributed by atoms with E-state index in [2.05, 4.69) is 10.2 Å². The van der Waals surface area contributed by atoms with Crippen LogP contribution in [0.1, 0.15) is 0 Å². The van der Waals surface area contributed by atoms with E-state index in [-0.39, 0.29) is 5.75 Å². The third-order valence-electron chi connectivity index (χ3n) is 2.76. The fourth-order valence-corrected chi connectivity index (χ4v) is 1.90. The van der Waals surface area contributed by atoms with Crippen LogP contribution in [0.15, 0.2) is 42.6 Å². The maximum absolute atomic E-state index is 9.86. The van der Waals surface area contributed by atoms with Gasteiger partial charge in [0.1, 0.15) is 5.75 Å². The van der Waals surface area contributed by atoms with Crippen LogP contribution in [0.5, 0.6) is 11.5 Å². The van der Waals surface area contributed by atoms with Crippen molar-refractivity contribution in [1.82, 2.24) is 14.6 Å². The lowest BCUT2D eigenvalue weighted by Gasteiger charge is -2.04. The third-order valence-corrected chi connectivity index (χ3v) is 2.76. The van der Waals surface area contributed by atoms with Gasteiger partial charge in [-0.1, -0.05) is 12.1 Å². The van der Waals surface area contributed by atoms with E-state index < -0.39 is 0 Å². The summed E-state index contributed by atoms with van der Waals surface area (Å²) in [5.74, 6) is 1.41. The normalized spacial score (nSPS) is 10.7. The lowest BCUT2D eigenvalue weighted by molar-refractivity contribution is 0.417. The SMILES string of the molecule is COc1cccn2c(-c3ccccc3O)nnc12. The van der Waals surface area contributed by atoms with Crippen LogP contribution >= 0.6 is 0 Å². The molecule has 0 spiro atoms. The third kappa shape index (κ3) is 1.48. The van der Waals surface area contributed by atoms with Gasteiger partial charge in [0, 0.05) is 6.20 Å². The molecule has 0 bridgehead atoms. The molecule has 0 atom stereocenters. The molecule has 90 valence electrons. The number of para-hydroxylation sites is 1. The van der Waals surface area contributed by atoms with E-state index in [9.17, 15) is 5.11 Å². The number of rotatable bonds is 2. The number of phenolic OH excluding ortho intramolecular Hbond substituents is 1. The maximum Gasteiger partial charge on any atom is 0.203 e. The number of phenols is 1. The molecular formula is C13H11N3O2. The average Bonchev–Trinajstić information content (AvgIpc) is 2.83. The van der Waals surface area contributed by atoms with Crippen molar-refractivity contribution in [2.45, 2.75) is 0 Å². The minimum atomic E-state index is 0.176. The Hall–Kier alpha value is -2.56. The van der Waals surface area contributed by atoms with Crippen molar-refractivity contribution in [3.8, 4) is 22.9 Å². The Labute approximate surface area is 103 Å². The van der Waals surface area contributed by atoms with Crippen LogP contribution in [0, 0.1) is 0 Å². The zero-order valence-electron chi connectivity index (χ0n) is 9.74. The van der Waals surface area contributed by atoms with Gasteiger partial charge < -0.3 is 9.84 Å². The van der Waals surface area contributed by atoms with Crippen LogP contribution in [0.2, 0.25) is 0 Å². The molecular weight excluding hydrogens is 230 g/mol. The molecule has 3 rings (SSSR count). The summed E-state index contributed by atoms with van der Waals surface area (Å²) in [7, 11) is 1.59. The largest absolute Gasteiger partial charge is 0.507 e. The highest BCUT2D eigenvalue weighted by molar-refractivity contribution is 5.68. The number of hydrogen-bond donors (Lipinski definition) is 1. The molecule has 2 heterocycles. The van der Waals surface area contributed by atoms with Gasteiger partial charge in [-0.25, -0.2) is 0 Å². The number of aromatic nitrogens is 3. The molecule has 5 heteroatoms. The summed E-state index contributed by atoms with van der Waals surface area (Å²) in [6.07, 6.45) is 1.83. The Morgan fingerprint density at radius 2 is 1.94 bits per heavy atom. The molecule has 0 aliphatic carbocycles. The van der Waals surface area contributed by atoms with Gasteiger partial charge in [-0.3, -0.25) is 4.40 Å². The number of benzene rings is 1. The van der Waals surface area contributed by atoms with Gasteiger partial charge in [0.15, 0.2) is 11.6 Å². The van der Waals surface area contributed by atoms with Crippen molar-refractivity contribution >= 4 is 5.65 Å². The topological polar surface area (TPSA) is 59.7 Å². The summed E-state index contributed by atoms with van der Waals surface area (Å²) in [4.78, 5) is 0. The first-order valence-electron chi connectivity index (χ1n) is 5.47. The van der Waals surface area contributed by atoms with Gasteiger partial charge in [-0.05, 0) is 24.3 Å². The first kappa shape index (κ1) is 10.6. The minimum Gasteiger partial charge on any atom is -0.507 e. The summed E-state index contributed by atoms with van der Waals surface area (Å²) in [6, 6.07) is 10.7. The lowest BCUT2D eigenvalue weighted by Crippen LogP contribution is -1.92. The van der Waals surface area contributed by atoms with Crippen LogP contribution in [-0.4, -0.2) is 26.8 Å². The van der Waals surface area contributed by atoms with Crippen molar-refractivity contribution in [3.63, 3.8) is 0 Å². The predicted molar refractivity (Wildman–Crippen MR) is 66.6 cm³/mol. The number of methoxy groups -OCH3 is 1. The van der Waals surface area contributed by atoms with E-state index in [1.165, 1.54) is 0 Å². The maximum atomic E-state index is 9.86. The van der Waals surface area contributed by atoms with Gasteiger partial charge >= 0.3 is 0 Å². The van der Waals surface area contributed by atoms with Crippen molar-refractivity contribution in [2.75, 3.05) is 7.11 Å². The summed E-state index contributed by atoms with van der Waals surface area (Å²) in [5, 5.41) is 18.0. The van der Waals surface area contributed by atoms with Gasteiger partial charge in [0.2, 0.25) is 5.65 Å². The smallest absolute Gasteiger partial charge is 0.203 e. The van der Waals surface area contributed by atoms with Gasteiger partial charge in [0.25, 0.3) is 0 Å². The van der Waals surface area contributed by atoms with Crippen molar-refractivity contribution < 1.29 is 9.84 Å². The quantitative estimate of drug-likeness (QED) is 0.746. The Bertz CT molecular complexity index is 706. The van der Waals surface area contributed by atoms with E-state index in [4.69, 9.17) is 4.74 Å². The first-order valence-corrected chi connectivity index (χ1v) is 5.47. The highest BCUT2D eigenvalue weighted by Crippen LogP contribution is 2.29. The molecule has 0 saturated carbocycles. The zero-order valence-corrected chi connectivity index (χ0v) is 9.74. The molecule has 0 saturated heterocycles. The molecule has 0 fully saturated rings. The number of aromatic hydroxyl groups is 1. The Balaban J connectivity index is 2.29. The lowest BCUT2D eigenvalue weighted by atomic mass is 10.2. The second kappa shape index (κ2) is 4.03. The Morgan fingerprint density at radius 1 is 1.11 bits per heavy atom. The Kier molecular flexibility index (Phi) is 2.37. The summed E-state index contributed by atoms with van der Waals surface area (Å²) in [5.41, 5.74) is 1.26. The molecule has 0 amide bonds. The molecule has 0 radical (unpaired) electrons. The number of nitrogens with zero attached hydrogens (tertiary/aromatic N) is 3. The van der Waals surface area contributed by atoms with Crippen LogP contribution in [0.4, 0.5) is 0 Å². The van der Waals surface area contributed by atoms with Crippen molar-refractivity contribution in [1.29, 1.82) is 0 Å². The number of fused-ring (bicyclic) bond motifs is 1. The van der Waals surface area contributed by atoms with Crippen LogP contribution in [-0.2, 0) is 0 Å². The van der Waals surface area contributed by atoms with Gasteiger partial charge in [0.05, 0.1) is 12.7 Å². The van der Waals surface area contributed by atoms with Gasteiger partial charge in [-0.15, -0.1) is 10.2 Å². The highest BCUT2D eigenvalue weighted by atomic mass is 16.5. The number of hydrogen-bond acceptors (Lipinski definition) is 4. The highest BCUT2D eigenvalue weighted by Gasteiger charge is 2.13. The van der Waals surface area contributed by atoms with E-state index in [1.54, 1.807) is 29.7 Å². The van der Waals surface area contributed by atoms with Crippen LogP contribution in [0.3, 0.4) is 0 Å².